The summed E-state index contributed by atoms with van der Waals surface area (Å²) < 4.78 is 0.813. The SMILES string of the molecule is CC(C)(C)ONC(=O)c1ccsc1Br. The lowest BCUT2D eigenvalue weighted by molar-refractivity contribution is -0.0589. The Morgan fingerprint density at radius 2 is 2.21 bits per heavy atom. The summed E-state index contributed by atoms with van der Waals surface area (Å²) >= 11 is 4.76. The zero-order valence-electron chi connectivity index (χ0n) is 8.26. The number of thiophene rings is 1. The second kappa shape index (κ2) is 4.42. The summed E-state index contributed by atoms with van der Waals surface area (Å²) in [7, 11) is 0. The van der Waals surface area contributed by atoms with Crippen LogP contribution in [0.3, 0.4) is 0 Å². The minimum Gasteiger partial charge on any atom is -0.268 e. The molecule has 0 saturated carbocycles. The molecule has 3 nitrogen and oxygen atoms in total. The lowest BCUT2D eigenvalue weighted by Gasteiger charge is -2.18. The number of halogens is 1. The summed E-state index contributed by atoms with van der Waals surface area (Å²) in [5, 5.41) is 1.84. The molecule has 0 aliphatic rings. The second-order valence-electron chi connectivity index (χ2n) is 3.75. The van der Waals surface area contributed by atoms with Gasteiger partial charge in [0.25, 0.3) is 5.91 Å². The molecule has 14 heavy (non-hydrogen) atoms. The lowest BCUT2D eigenvalue weighted by atomic mass is 10.2. The van der Waals surface area contributed by atoms with E-state index >= 15 is 0 Å². The van der Waals surface area contributed by atoms with Crippen LogP contribution in [0.15, 0.2) is 15.2 Å². The number of carbonyl (C=O) groups is 1. The molecule has 0 aliphatic heterocycles. The Kier molecular flexibility index (Phi) is 3.69. The predicted octanol–water partition coefficient (Wildman–Crippen LogP) is 2.97. The molecule has 1 aromatic heterocycles. The van der Waals surface area contributed by atoms with E-state index in [1.165, 1.54) is 11.3 Å². The zero-order chi connectivity index (χ0) is 10.8. The van der Waals surface area contributed by atoms with E-state index in [1.54, 1.807) is 6.07 Å². The van der Waals surface area contributed by atoms with Crippen molar-refractivity contribution < 1.29 is 9.63 Å². The Morgan fingerprint density at radius 1 is 1.57 bits per heavy atom. The van der Waals surface area contributed by atoms with Crippen LogP contribution in [-0.2, 0) is 4.84 Å². The van der Waals surface area contributed by atoms with Gasteiger partial charge in [-0.25, -0.2) is 5.48 Å². The average molecular weight is 278 g/mol. The molecule has 5 heteroatoms. The lowest BCUT2D eigenvalue weighted by Crippen LogP contribution is -2.33. The molecule has 0 radical (unpaired) electrons. The van der Waals surface area contributed by atoms with Gasteiger partial charge in [0.15, 0.2) is 0 Å². The van der Waals surface area contributed by atoms with Crippen molar-refractivity contribution >= 4 is 33.2 Å². The van der Waals surface area contributed by atoms with Crippen molar-refractivity contribution in [2.24, 2.45) is 0 Å². The van der Waals surface area contributed by atoms with E-state index in [-0.39, 0.29) is 11.5 Å². The summed E-state index contributed by atoms with van der Waals surface area (Å²) in [5.74, 6) is -0.229. The molecule has 1 N–H and O–H groups in total. The normalized spacial score (nSPS) is 11.4. The first kappa shape index (κ1) is 11.7. The third-order valence-corrected chi connectivity index (χ3v) is 3.00. The van der Waals surface area contributed by atoms with Crippen LogP contribution in [0.25, 0.3) is 0 Å². The van der Waals surface area contributed by atoms with Crippen molar-refractivity contribution in [3.8, 4) is 0 Å². The molecule has 0 unspecified atom stereocenters. The van der Waals surface area contributed by atoms with Crippen molar-refractivity contribution in [2.75, 3.05) is 0 Å². The molecule has 0 saturated heterocycles. The highest BCUT2D eigenvalue weighted by atomic mass is 79.9. The Hall–Kier alpha value is -0.390. The number of amides is 1. The number of hydroxylamine groups is 1. The van der Waals surface area contributed by atoms with Gasteiger partial charge in [0.2, 0.25) is 0 Å². The Morgan fingerprint density at radius 3 is 2.64 bits per heavy atom. The van der Waals surface area contributed by atoms with E-state index in [4.69, 9.17) is 4.84 Å². The maximum absolute atomic E-state index is 11.5. The van der Waals surface area contributed by atoms with Gasteiger partial charge in [0.05, 0.1) is 15.0 Å². The fourth-order valence-electron chi connectivity index (χ4n) is 0.710. The summed E-state index contributed by atoms with van der Waals surface area (Å²) in [6.45, 7) is 5.61. The molecule has 1 heterocycles. The maximum atomic E-state index is 11.5. The summed E-state index contributed by atoms with van der Waals surface area (Å²) in [4.78, 5) is 16.7. The molecular weight excluding hydrogens is 266 g/mol. The van der Waals surface area contributed by atoms with Gasteiger partial charge >= 0.3 is 0 Å². The number of hydrogen-bond donors (Lipinski definition) is 1. The highest BCUT2D eigenvalue weighted by Crippen LogP contribution is 2.23. The minimum absolute atomic E-state index is 0.229. The number of hydrogen-bond acceptors (Lipinski definition) is 3. The molecule has 0 aliphatic carbocycles. The molecule has 0 bridgehead atoms. The van der Waals surface area contributed by atoms with E-state index in [1.807, 2.05) is 26.2 Å². The Bertz CT molecular complexity index is 330. The van der Waals surface area contributed by atoms with Crippen LogP contribution in [0.1, 0.15) is 31.1 Å². The quantitative estimate of drug-likeness (QED) is 0.845. The van der Waals surface area contributed by atoms with Crippen molar-refractivity contribution in [1.29, 1.82) is 0 Å². The molecule has 1 rings (SSSR count). The Labute approximate surface area is 95.5 Å². The maximum Gasteiger partial charge on any atom is 0.276 e. The molecule has 0 fully saturated rings. The summed E-state index contributed by atoms with van der Waals surface area (Å²) in [6, 6.07) is 1.75. The first-order valence-electron chi connectivity index (χ1n) is 4.11. The van der Waals surface area contributed by atoms with Gasteiger partial charge in [0, 0.05) is 0 Å². The van der Waals surface area contributed by atoms with Gasteiger partial charge in [-0.05, 0) is 48.1 Å². The number of rotatable bonds is 2. The molecular formula is C9H12BrNO2S. The zero-order valence-corrected chi connectivity index (χ0v) is 10.7. The van der Waals surface area contributed by atoms with E-state index in [0.29, 0.717) is 5.56 Å². The van der Waals surface area contributed by atoms with Crippen molar-refractivity contribution in [3.05, 3.63) is 20.8 Å². The van der Waals surface area contributed by atoms with E-state index < -0.39 is 0 Å². The average Bonchev–Trinajstić information content (AvgIpc) is 2.46. The molecule has 0 spiro atoms. The van der Waals surface area contributed by atoms with Crippen molar-refractivity contribution in [1.82, 2.24) is 5.48 Å². The molecule has 78 valence electrons. The van der Waals surface area contributed by atoms with Crippen LogP contribution in [-0.4, -0.2) is 11.5 Å². The standard InChI is InChI=1S/C9H12BrNO2S/c1-9(2,3)13-11-8(12)6-4-5-14-7(6)10/h4-5H,1-3H3,(H,11,12). The van der Waals surface area contributed by atoms with Crippen molar-refractivity contribution in [3.63, 3.8) is 0 Å². The third kappa shape index (κ3) is 3.40. The highest BCUT2D eigenvalue weighted by molar-refractivity contribution is 9.11. The molecule has 1 amide bonds. The fourth-order valence-corrected chi connectivity index (χ4v) is 1.96. The summed E-state index contributed by atoms with van der Waals surface area (Å²) in [6.07, 6.45) is 0. The van der Waals surface area contributed by atoms with Gasteiger partial charge in [-0.15, -0.1) is 11.3 Å². The van der Waals surface area contributed by atoms with Gasteiger partial charge in [-0.1, -0.05) is 0 Å². The van der Waals surface area contributed by atoms with Gasteiger partial charge < -0.3 is 0 Å². The van der Waals surface area contributed by atoms with Crippen LogP contribution < -0.4 is 5.48 Å². The molecule has 1 aromatic rings. The minimum atomic E-state index is -0.377. The largest absolute Gasteiger partial charge is 0.276 e. The topological polar surface area (TPSA) is 38.3 Å². The van der Waals surface area contributed by atoms with E-state index in [9.17, 15) is 4.79 Å². The summed E-state index contributed by atoms with van der Waals surface area (Å²) in [5.41, 5.74) is 2.62. The van der Waals surface area contributed by atoms with Crippen LogP contribution in [0.5, 0.6) is 0 Å². The van der Waals surface area contributed by atoms with Crippen LogP contribution in [0.2, 0.25) is 0 Å². The predicted molar refractivity (Wildman–Crippen MR) is 60.3 cm³/mol. The van der Waals surface area contributed by atoms with Crippen LogP contribution in [0.4, 0.5) is 0 Å². The van der Waals surface area contributed by atoms with Crippen LogP contribution >= 0.6 is 27.3 Å². The number of carbonyl (C=O) groups excluding carboxylic acids is 1. The van der Waals surface area contributed by atoms with Gasteiger partial charge in [0.1, 0.15) is 0 Å². The highest BCUT2D eigenvalue weighted by Gasteiger charge is 2.15. The Balaban J connectivity index is 2.56. The van der Waals surface area contributed by atoms with Crippen molar-refractivity contribution in [2.45, 2.75) is 26.4 Å². The monoisotopic (exact) mass is 277 g/mol. The van der Waals surface area contributed by atoms with E-state index in [2.05, 4.69) is 21.4 Å². The molecule has 0 aromatic carbocycles. The molecule has 0 atom stereocenters. The van der Waals surface area contributed by atoms with E-state index in [0.717, 1.165) is 3.79 Å². The second-order valence-corrected chi connectivity index (χ2v) is 5.99. The fraction of sp³-hybridized carbons (Fsp3) is 0.444. The number of nitrogens with one attached hydrogen (secondary N) is 1. The first-order chi connectivity index (χ1) is 6.40. The first-order valence-corrected chi connectivity index (χ1v) is 5.79. The van der Waals surface area contributed by atoms with Crippen LogP contribution in [0, 0.1) is 0 Å². The smallest absolute Gasteiger partial charge is 0.268 e. The van der Waals surface area contributed by atoms with Gasteiger partial charge in [-0.2, -0.15) is 0 Å². The third-order valence-electron chi connectivity index (χ3n) is 1.31. The van der Waals surface area contributed by atoms with Gasteiger partial charge in [-0.3, -0.25) is 9.63 Å².